The Morgan fingerprint density at radius 3 is 2.14 bits per heavy atom. The normalized spacial score (nSPS) is 14.9. The Balaban J connectivity index is 1.44. The van der Waals surface area contributed by atoms with Crippen molar-refractivity contribution in [2.45, 2.75) is 0 Å². The van der Waals surface area contributed by atoms with E-state index in [0.29, 0.717) is 11.4 Å². The minimum absolute atomic E-state index is 0.230. The van der Waals surface area contributed by atoms with Crippen LogP contribution in [0.3, 0.4) is 0 Å². The van der Waals surface area contributed by atoms with Crippen molar-refractivity contribution >= 4 is 23.0 Å². The van der Waals surface area contributed by atoms with E-state index in [0.717, 1.165) is 17.1 Å². The van der Waals surface area contributed by atoms with Gasteiger partial charge in [-0.05, 0) is 48.5 Å². The summed E-state index contributed by atoms with van der Waals surface area (Å²) in [6, 6.07) is 26.1. The van der Waals surface area contributed by atoms with Crippen molar-refractivity contribution in [1.29, 1.82) is 0 Å². The van der Waals surface area contributed by atoms with Crippen molar-refractivity contribution in [3.05, 3.63) is 97.2 Å². The van der Waals surface area contributed by atoms with Gasteiger partial charge in [0.15, 0.2) is 5.71 Å². The van der Waals surface area contributed by atoms with Crippen LogP contribution in [0, 0.1) is 0 Å². The molecule has 6 nitrogen and oxygen atoms in total. The standard InChI is InChI=1S/C22H18N4O2/c1-16-21(22(27)26(25-16)18-8-4-2-5-9-18)24-23-17-12-14-20(15-13-17)28-19-10-6-3-7-11-19/h2-15,23,25H,1H2/b24-21+. The maximum atomic E-state index is 12.6. The van der Waals surface area contributed by atoms with Gasteiger partial charge in [0.2, 0.25) is 0 Å². The highest BCUT2D eigenvalue weighted by Crippen LogP contribution is 2.23. The molecule has 0 saturated carbocycles. The Hall–Kier alpha value is -4.06. The predicted octanol–water partition coefficient (Wildman–Crippen LogP) is 4.31. The maximum Gasteiger partial charge on any atom is 0.299 e. The molecule has 0 atom stereocenters. The summed E-state index contributed by atoms with van der Waals surface area (Å²) >= 11 is 0. The summed E-state index contributed by atoms with van der Waals surface area (Å²) in [5.74, 6) is 1.21. The fourth-order valence-electron chi connectivity index (χ4n) is 2.69. The molecule has 0 spiro atoms. The van der Waals surface area contributed by atoms with Crippen LogP contribution in [0.4, 0.5) is 11.4 Å². The molecule has 3 aromatic rings. The second-order valence-corrected chi connectivity index (χ2v) is 6.08. The van der Waals surface area contributed by atoms with Crippen molar-refractivity contribution in [3.63, 3.8) is 0 Å². The first-order chi connectivity index (χ1) is 13.7. The Kier molecular flexibility index (Phi) is 4.76. The van der Waals surface area contributed by atoms with Crippen molar-refractivity contribution in [1.82, 2.24) is 5.43 Å². The molecular weight excluding hydrogens is 352 g/mol. The lowest BCUT2D eigenvalue weighted by Gasteiger charge is -2.14. The number of ether oxygens (including phenoxy) is 1. The van der Waals surface area contributed by atoms with E-state index in [-0.39, 0.29) is 11.6 Å². The first-order valence-electron chi connectivity index (χ1n) is 8.73. The number of para-hydroxylation sites is 2. The molecule has 1 amide bonds. The lowest BCUT2D eigenvalue weighted by molar-refractivity contribution is -0.112. The van der Waals surface area contributed by atoms with Gasteiger partial charge in [0, 0.05) is 0 Å². The van der Waals surface area contributed by atoms with Gasteiger partial charge in [-0.25, -0.2) is 5.01 Å². The van der Waals surface area contributed by atoms with E-state index in [1.54, 1.807) is 0 Å². The highest BCUT2D eigenvalue weighted by Gasteiger charge is 2.32. The highest BCUT2D eigenvalue weighted by atomic mass is 16.5. The smallest absolute Gasteiger partial charge is 0.299 e. The van der Waals surface area contributed by atoms with E-state index >= 15 is 0 Å². The number of hydrazone groups is 1. The minimum atomic E-state index is -0.271. The van der Waals surface area contributed by atoms with Crippen LogP contribution >= 0.6 is 0 Å². The lowest BCUT2D eigenvalue weighted by Crippen LogP contribution is -2.34. The van der Waals surface area contributed by atoms with Crippen LogP contribution in [0.15, 0.2) is 102 Å². The van der Waals surface area contributed by atoms with E-state index in [4.69, 9.17) is 4.74 Å². The van der Waals surface area contributed by atoms with Crippen LogP contribution in [-0.2, 0) is 4.79 Å². The number of amides is 1. The second-order valence-electron chi connectivity index (χ2n) is 6.08. The van der Waals surface area contributed by atoms with Gasteiger partial charge in [0.1, 0.15) is 11.5 Å². The van der Waals surface area contributed by atoms with Gasteiger partial charge in [-0.15, -0.1) is 0 Å². The number of nitrogens with zero attached hydrogens (tertiary/aromatic N) is 2. The molecule has 1 fully saturated rings. The summed E-state index contributed by atoms with van der Waals surface area (Å²) in [6.07, 6.45) is 0. The number of benzene rings is 3. The topological polar surface area (TPSA) is 66.0 Å². The van der Waals surface area contributed by atoms with Crippen LogP contribution in [0.1, 0.15) is 0 Å². The Bertz CT molecular complexity index is 1020. The molecule has 1 aliphatic heterocycles. The van der Waals surface area contributed by atoms with Crippen LogP contribution in [0.25, 0.3) is 0 Å². The fourth-order valence-corrected chi connectivity index (χ4v) is 2.69. The molecule has 2 N–H and O–H groups in total. The summed E-state index contributed by atoms with van der Waals surface area (Å²) in [5.41, 5.74) is 7.95. The largest absolute Gasteiger partial charge is 0.457 e. The average Bonchev–Trinajstić information content (AvgIpc) is 3.02. The number of hydrogen-bond donors (Lipinski definition) is 2. The van der Waals surface area contributed by atoms with E-state index in [9.17, 15) is 4.79 Å². The summed E-state index contributed by atoms with van der Waals surface area (Å²) in [6.45, 7) is 3.87. The fraction of sp³-hybridized carbons (Fsp3) is 0. The highest BCUT2D eigenvalue weighted by molar-refractivity contribution is 6.51. The molecule has 6 heteroatoms. The van der Waals surface area contributed by atoms with Gasteiger partial charge in [0.25, 0.3) is 5.91 Å². The summed E-state index contributed by atoms with van der Waals surface area (Å²) < 4.78 is 5.76. The van der Waals surface area contributed by atoms with E-state index < -0.39 is 0 Å². The minimum Gasteiger partial charge on any atom is -0.457 e. The average molecular weight is 370 g/mol. The van der Waals surface area contributed by atoms with Gasteiger partial charge in [-0.1, -0.05) is 43.0 Å². The predicted molar refractivity (Wildman–Crippen MR) is 110 cm³/mol. The van der Waals surface area contributed by atoms with Crippen LogP contribution in [0.2, 0.25) is 0 Å². The molecule has 1 aliphatic rings. The molecule has 0 radical (unpaired) electrons. The van der Waals surface area contributed by atoms with Crippen molar-refractivity contribution in [3.8, 4) is 11.5 Å². The zero-order chi connectivity index (χ0) is 19.3. The molecule has 1 heterocycles. The zero-order valence-corrected chi connectivity index (χ0v) is 15.0. The van der Waals surface area contributed by atoms with Gasteiger partial charge in [0.05, 0.1) is 17.1 Å². The summed E-state index contributed by atoms with van der Waals surface area (Å²) in [7, 11) is 0. The van der Waals surface area contributed by atoms with Crippen LogP contribution < -0.4 is 20.6 Å². The molecule has 0 aromatic heterocycles. The SMILES string of the molecule is C=C1NN(c2ccccc2)C(=O)/C1=N/Nc1ccc(Oc2ccccc2)cc1. The first kappa shape index (κ1) is 17.4. The third kappa shape index (κ3) is 3.71. The molecule has 138 valence electrons. The number of anilines is 2. The third-order valence-corrected chi connectivity index (χ3v) is 4.08. The molecule has 3 aromatic carbocycles. The van der Waals surface area contributed by atoms with E-state index in [2.05, 4.69) is 22.5 Å². The van der Waals surface area contributed by atoms with E-state index in [1.165, 1.54) is 5.01 Å². The molecule has 0 aliphatic carbocycles. The Morgan fingerprint density at radius 1 is 0.857 bits per heavy atom. The van der Waals surface area contributed by atoms with Crippen LogP contribution in [-0.4, -0.2) is 11.6 Å². The number of carbonyl (C=O) groups excluding carboxylic acids is 1. The van der Waals surface area contributed by atoms with E-state index in [1.807, 2.05) is 84.9 Å². The van der Waals surface area contributed by atoms with Gasteiger partial charge >= 0.3 is 0 Å². The zero-order valence-electron chi connectivity index (χ0n) is 15.0. The third-order valence-electron chi connectivity index (χ3n) is 4.08. The van der Waals surface area contributed by atoms with Gasteiger partial charge in [-0.2, -0.15) is 5.10 Å². The molecule has 1 saturated heterocycles. The maximum absolute atomic E-state index is 12.6. The molecular formula is C22H18N4O2. The van der Waals surface area contributed by atoms with Crippen molar-refractivity contribution in [2.75, 3.05) is 10.4 Å². The van der Waals surface area contributed by atoms with Crippen LogP contribution in [0.5, 0.6) is 11.5 Å². The first-order valence-corrected chi connectivity index (χ1v) is 8.73. The number of nitrogens with one attached hydrogen (secondary N) is 2. The quantitative estimate of drug-likeness (QED) is 0.657. The number of hydrogen-bond acceptors (Lipinski definition) is 5. The summed E-state index contributed by atoms with van der Waals surface area (Å²) in [5, 5.41) is 5.63. The van der Waals surface area contributed by atoms with Gasteiger partial charge < -0.3 is 4.74 Å². The number of carbonyl (C=O) groups is 1. The summed E-state index contributed by atoms with van der Waals surface area (Å²) in [4.78, 5) is 12.6. The monoisotopic (exact) mass is 370 g/mol. The van der Waals surface area contributed by atoms with Crippen molar-refractivity contribution in [2.24, 2.45) is 5.10 Å². The molecule has 4 rings (SSSR count). The second kappa shape index (κ2) is 7.67. The van der Waals surface area contributed by atoms with Gasteiger partial charge in [-0.3, -0.25) is 15.6 Å². The molecule has 0 bridgehead atoms. The Labute approximate surface area is 162 Å². The lowest BCUT2D eigenvalue weighted by atomic mass is 10.3. The number of hydrazine groups is 1. The molecule has 28 heavy (non-hydrogen) atoms. The Morgan fingerprint density at radius 2 is 1.46 bits per heavy atom. The number of rotatable bonds is 5. The molecule has 0 unspecified atom stereocenters. The van der Waals surface area contributed by atoms with Crippen molar-refractivity contribution < 1.29 is 9.53 Å².